The van der Waals surface area contributed by atoms with Crippen molar-refractivity contribution in [3.63, 3.8) is 0 Å². The molecule has 2 unspecified atom stereocenters. The zero-order valence-electron chi connectivity index (χ0n) is 69.1. The largest absolute Gasteiger partial charge is 0.370 e. The highest BCUT2D eigenvalue weighted by Gasteiger charge is 2.44. The molecule has 8 fully saturated rings. The smallest absolute Gasteiger partial charge is 0.258 e. The lowest BCUT2D eigenvalue weighted by Crippen LogP contribution is -2.60. The quantitative estimate of drug-likeness (QED) is 0.188. The van der Waals surface area contributed by atoms with Crippen LogP contribution in [0.3, 0.4) is 0 Å². The van der Waals surface area contributed by atoms with Gasteiger partial charge in [-0.05, 0) is 221 Å². The van der Waals surface area contributed by atoms with E-state index in [9.17, 15) is 19.2 Å². The predicted molar refractivity (Wildman–Crippen MR) is 460 cm³/mol. The lowest BCUT2D eigenvalue weighted by molar-refractivity contribution is 0.150. The topological polar surface area (TPSA) is 345 Å². The van der Waals surface area contributed by atoms with E-state index in [-0.39, 0.29) is 22.2 Å². The number of rotatable bonds is 8. The molecule has 8 saturated heterocycles. The Hall–Kier alpha value is -13.3. The molecule has 0 bridgehead atoms. The molecular formula is C86H92N32O4. The van der Waals surface area contributed by atoms with Crippen LogP contribution in [0.1, 0.15) is 72.9 Å². The van der Waals surface area contributed by atoms with Crippen LogP contribution in [0.25, 0.3) is 90.7 Å². The van der Waals surface area contributed by atoms with Gasteiger partial charge in [0.15, 0.2) is 22.6 Å². The SMILES string of the molecule is Cc1nc2ccc(-c3cc(=O)n4cc(N5CC6(CCNCC6)C5)cc(C)c4n3)nn2n1.Cc1nc2ccc(-c3cc(=O)n4cc(N5CC6CN(C)CC6C5)ccc4n3)nn2n1.Cc1nc2ccc(-c3cc(=O)n4cc(N5CCN6CCC[C@@H]6C5)cc(C)c4n3)nn2n1.Cc1nc2ccc(-c3cc(=O)n4cc(N5CCN6CCC[C@@H]6C5)ccc4n3)nn2n1. The Bertz CT molecular complexity index is 7080. The zero-order valence-corrected chi connectivity index (χ0v) is 69.1. The molecule has 1 spiro atoms. The van der Waals surface area contributed by atoms with Crippen molar-refractivity contribution < 1.29 is 0 Å². The molecule has 1 N–H and O–H groups in total. The number of nitrogens with zero attached hydrogens (tertiary/aromatic N) is 31. The van der Waals surface area contributed by atoms with E-state index < -0.39 is 0 Å². The lowest BCUT2D eigenvalue weighted by atomic mass is 9.72. The second kappa shape index (κ2) is 30.4. The highest BCUT2D eigenvalue weighted by molar-refractivity contribution is 5.68. The van der Waals surface area contributed by atoms with Gasteiger partial charge < -0.3 is 29.8 Å². The monoisotopic (exact) mass is 1640 g/mol. The van der Waals surface area contributed by atoms with E-state index in [4.69, 9.17) is 9.97 Å². The average molecular weight is 1640 g/mol. The van der Waals surface area contributed by atoms with E-state index in [0.717, 1.165) is 126 Å². The van der Waals surface area contributed by atoms with E-state index >= 15 is 0 Å². The first kappa shape index (κ1) is 76.1. The highest BCUT2D eigenvalue weighted by atomic mass is 16.1. The summed E-state index contributed by atoms with van der Waals surface area (Å²) in [7, 11) is 2.19. The maximum absolute atomic E-state index is 13.0. The molecule has 8 aliphatic rings. The van der Waals surface area contributed by atoms with E-state index in [0.29, 0.717) is 143 Å². The fraction of sp³-hybridized carbons (Fsp3) is 0.395. The average Bonchev–Trinajstić information content (AvgIpc) is 0.840. The Morgan fingerprint density at radius 3 is 1.11 bits per heavy atom. The van der Waals surface area contributed by atoms with E-state index in [2.05, 4.69) is 142 Å². The Morgan fingerprint density at radius 1 is 0.336 bits per heavy atom. The maximum atomic E-state index is 13.0. The van der Waals surface area contributed by atoms with Crippen LogP contribution in [0, 0.1) is 58.8 Å². The number of hydrogen-bond donors (Lipinski definition) is 1. The lowest BCUT2D eigenvalue weighted by Gasteiger charge is -2.53. The number of piperazine rings is 2. The summed E-state index contributed by atoms with van der Waals surface area (Å²) < 4.78 is 12.5. The van der Waals surface area contributed by atoms with Crippen molar-refractivity contribution in [3.05, 3.63) is 210 Å². The summed E-state index contributed by atoms with van der Waals surface area (Å²) in [5, 5.41) is 38.3. The van der Waals surface area contributed by atoms with Gasteiger partial charge in [-0.3, -0.25) is 46.6 Å². The van der Waals surface area contributed by atoms with Crippen molar-refractivity contribution in [1.82, 2.24) is 137 Å². The van der Waals surface area contributed by atoms with Gasteiger partial charge in [-0.1, -0.05) is 0 Å². The van der Waals surface area contributed by atoms with Crippen molar-refractivity contribution in [2.24, 2.45) is 17.3 Å². The van der Waals surface area contributed by atoms with Crippen molar-refractivity contribution in [2.75, 3.05) is 131 Å². The molecule has 122 heavy (non-hydrogen) atoms. The van der Waals surface area contributed by atoms with Crippen LogP contribution in [0.5, 0.6) is 0 Å². The van der Waals surface area contributed by atoms with Crippen LogP contribution < -0.4 is 47.2 Å². The molecule has 8 aliphatic heterocycles. The fourth-order valence-corrected chi connectivity index (χ4v) is 19.3. The van der Waals surface area contributed by atoms with Gasteiger partial charge in [0.05, 0.1) is 45.5 Å². The standard InChI is InChI=1S/2C22H24N8O.2C21H22N8O/c1-14-9-16(28-12-22(13-28)5-7-23-8-6-22)11-29-20(31)10-18(25-21(14)29)17-3-4-19-24-15(2)26-30(19)27-17;1-14-10-17(28-9-8-27-7-3-4-16(27)12-28)13-29-21(31)11-19(24-22(14)29)18-5-6-20-23-15(2)25-30(20)26-18;1-13-22-20-6-4-17(25-29(20)24-13)18-7-21(30)28-12-16(3-5-19(28)23-18)27-10-14-8-26(2)9-15(14)11-27;1-14-22-20-7-5-17(25-29(20)24-14)18-11-21(30)28-13-16(4-6-19(28)23-18)27-10-9-26-8-2-3-15(26)12-27/h3-4,9-11,23H,5-8,12-13H2,1-2H3;5-6,10-11,13,16H,3-4,7-9,12H2,1-2H3;3-7,12,14-15H,8-11H2,1-2H3;4-7,11,13,15H,2-3,8-10,12H2,1H3/t;16-;;15-/m.1.1/s1. The van der Waals surface area contributed by atoms with Crippen molar-refractivity contribution in [3.8, 4) is 45.6 Å². The molecule has 0 saturated carbocycles. The van der Waals surface area contributed by atoms with Crippen LogP contribution in [0.15, 0.2) is 153 Å². The van der Waals surface area contributed by atoms with Crippen LogP contribution >= 0.6 is 0 Å². The number of likely N-dealkylation sites (tertiary alicyclic amines) is 1. The number of nitrogens with one attached hydrogen (secondary N) is 1. The molecule has 620 valence electrons. The summed E-state index contributed by atoms with van der Waals surface area (Å²) in [6.45, 7) is 28.6. The second-order valence-electron chi connectivity index (χ2n) is 34.0. The molecule has 0 aliphatic carbocycles. The van der Waals surface area contributed by atoms with Gasteiger partial charge in [-0.2, -0.15) is 0 Å². The molecule has 24 heterocycles. The van der Waals surface area contributed by atoms with E-state index in [1.807, 2.05) is 127 Å². The van der Waals surface area contributed by atoms with Gasteiger partial charge in [-0.25, -0.2) is 39.9 Å². The first-order valence-electron chi connectivity index (χ1n) is 42.1. The molecule has 36 heteroatoms. The van der Waals surface area contributed by atoms with Gasteiger partial charge in [0.1, 0.15) is 68.7 Å². The predicted octanol–water partition coefficient (Wildman–Crippen LogP) is 5.80. The van der Waals surface area contributed by atoms with Crippen LogP contribution in [-0.2, 0) is 0 Å². The Balaban J connectivity index is 0.000000100. The van der Waals surface area contributed by atoms with E-state index in [1.54, 1.807) is 29.7 Å². The van der Waals surface area contributed by atoms with Gasteiger partial charge in [0, 0.05) is 145 Å². The normalized spacial score (nSPS) is 19.7. The first-order valence-corrected chi connectivity index (χ1v) is 42.1. The molecule has 16 aromatic rings. The molecule has 0 aromatic carbocycles. The highest BCUT2D eigenvalue weighted by Crippen LogP contribution is 2.42. The van der Waals surface area contributed by atoms with Gasteiger partial charge >= 0.3 is 0 Å². The van der Waals surface area contributed by atoms with E-state index in [1.165, 1.54) is 82.3 Å². The van der Waals surface area contributed by atoms with Crippen molar-refractivity contribution in [2.45, 2.75) is 92.2 Å². The number of piperidine rings is 1. The summed E-state index contributed by atoms with van der Waals surface area (Å²) >= 11 is 0. The molecule has 4 atom stereocenters. The van der Waals surface area contributed by atoms with Gasteiger partial charge in [-0.15, -0.1) is 59.3 Å². The summed E-state index contributed by atoms with van der Waals surface area (Å²) in [6, 6.07) is 34.3. The summed E-state index contributed by atoms with van der Waals surface area (Å²) in [5.41, 5.74) is 15.9. The molecular weight excluding hydrogens is 1550 g/mol. The summed E-state index contributed by atoms with van der Waals surface area (Å²) in [6.07, 6.45) is 15.2. The van der Waals surface area contributed by atoms with Crippen LogP contribution in [0.2, 0.25) is 0 Å². The number of anilines is 4. The molecule has 36 nitrogen and oxygen atoms in total. The Labute approximate surface area is 697 Å². The summed E-state index contributed by atoms with van der Waals surface area (Å²) in [4.78, 5) is 105. The number of aromatic nitrogens is 24. The third-order valence-corrected chi connectivity index (χ3v) is 25.5. The number of hydrogen-bond acceptors (Lipinski definition) is 28. The Morgan fingerprint density at radius 2 is 0.697 bits per heavy atom. The maximum Gasteiger partial charge on any atom is 0.258 e. The van der Waals surface area contributed by atoms with Crippen molar-refractivity contribution in [1.29, 1.82) is 0 Å². The third-order valence-electron chi connectivity index (χ3n) is 25.5. The third kappa shape index (κ3) is 14.5. The van der Waals surface area contributed by atoms with Gasteiger partial charge in [0.2, 0.25) is 0 Å². The van der Waals surface area contributed by atoms with Crippen molar-refractivity contribution >= 4 is 67.9 Å². The first-order chi connectivity index (χ1) is 59.2. The molecule has 0 amide bonds. The van der Waals surface area contributed by atoms with Gasteiger partial charge in [0.25, 0.3) is 22.2 Å². The second-order valence-corrected chi connectivity index (χ2v) is 34.0. The number of pyridine rings is 4. The summed E-state index contributed by atoms with van der Waals surface area (Å²) in [5.74, 6) is 4.03. The van der Waals surface area contributed by atoms with Crippen LogP contribution in [-0.4, -0.2) is 255 Å². The fourth-order valence-electron chi connectivity index (χ4n) is 19.3. The molecule has 0 radical (unpaired) electrons. The van der Waals surface area contributed by atoms with Crippen LogP contribution in [0.4, 0.5) is 22.7 Å². The minimum atomic E-state index is -0.118. The number of fused-ring (bicyclic) bond motifs is 11. The zero-order chi connectivity index (χ0) is 82.9. The molecule has 16 aromatic heterocycles. The number of aryl methyl sites for hydroxylation is 6. The minimum Gasteiger partial charge on any atom is -0.370 e. The Kier molecular flexibility index (Phi) is 19.0. The molecule has 24 rings (SSSR count). The minimum absolute atomic E-state index is 0.110.